The zero-order chi connectivity index (χ0) is 15.7. The van der Waals surface area contributed by atoms with Crippen LogP contribution in [0.4, 0.5) is 0 Å². The monoisotopic (exact) mass is 307 g/mol. The van der Waals surface area contributed by atoms with Crippen molar-refractivity contribution in [1.29, 1.82) is 0 Å². The lowest BCUT2D eigenvalue weighted by Crippen LogP contribution is -2.40. The summed E-state index contributed by atoms with van der Waals surface area (Å²) in [6.45, 7) is 6.94. The molecule has 0 fully saturated rings. The van der Waals surface area contributed by atoms with E-state index in [1.54, 1.807) is 0 Å². The summed E-state index contributed by atoms with van der Waals surface area (Å²) in [6, 6.07) is 20.2. The lowest BCUT2D eigenvalue weighted by molar-refractivity contribution is 0.709. The number of nitrogens with zero attached hydrogens (tertiary/aromatic N) is 1. The average molecular weight is 307 g/mol. The van der Waals surface area contributed by atoms with E-state index in [0.29, 0.717) is 0 Å². The molecule has 0 aliphatic carbocycles. The molecule has 112 valence electrons. The summed E-state index contributed by atoms with van der Waals surface area (Å²) in [5.74, 6) is 0. The van der Waals surface area contributed by atoms with E-state index in [1.807, 2.05) is 47.2 Å². The van der Waals surface area contributed by atoms with E-state index in [0.717, 1.165) is 10.8 Å². The number of fused-ring (bicyclic) bond motifs is 1. The van der Waals surface area contributed by atoms with Gasteiger partial charge in [0.25, 0.3) is 5.56 Å². The van der Waals surface area contributed by atoms with E-state index in [9.17, 15) is 4.79 Å². The van der Waals surface area contributed by atoms with Gasteiger partial charge in [0, 0.05) is 11.6 Å². The largest absolute Gasteiger partial charge is 0.311 e. The minimum atomic E-state index is -1.62. The third-order valence-corrected chi connectivity index (χ3v) is 6.31. The highest BCUT2D eigenvalue weighted by molar-refractivity contribution is 6.77. The van der Waals surface area contributed by atoms with Crippen molar-refractivity contribution in [1.82, 2.24) is 4.57 Å². The highest BCUT2D eigenvalue weighted by Gasteiger charge is 2.30. The molecular weight excluding hydrogens is 286 g/mol. The van der Waals surface area contributed by atoms with Crippen LogP contribution in [0, 0.1) is 0 Å². The lowest BCUT2D eigenvalue weighted by Gasteiger charge is -2.31. The Morgan fingerprint density at radius 3 is 2.18 bits per heavy atom. The number of aromatic nitrogens is 1. The summed E-state index contributed by atoms with van der Waals surface area (Å²) >= 11 is 0. The second-order valence-corrected chi connectivity index (χ2v) is 12.1. The molecule has 0 aliphatic heterocycles. The Labute approximate surface area is 132 Å². The minimum Gasteiger partial charge on any atom is -0.311 e. The maximum atomic E-state index is 13.0. The van der Waals surface area contributed by atoms with E-state index in [4.69, 9.17) is 0 Å². The molecular formula is C19H21NOSi. The second-order valence-electron chi connectivity index (χ2n) is 6.79. The van der Waals surface area contributed by atoms with Crippen molar-refractivity contribution in [3.8, 4) is 0 Å². The molecule has 2 aromatic carbocycles. The van der Waals surface area contributed by atoms with E-state index in [-0.39, 0.29) is 11.2 Å². The van der Waals surface area contributed by atoms with Crippen LogP contribution in [0.2, 0.25) is 19.6 Å². The molecule has 0 saturated heterocycles. The van der Waals surface area contributed by atoms with Gasteiger partial charge < -0.3 is 4.57 Å². The normalized spacial score (nSPS) is 13.2. The molecule has 0 bridgehead atoms. The Bertz CT molecular complexity index is 846. The van der Waals surface area contributed by atoms with Gasteiger partial charge >= 0.3 is 0 Å². The molecule has 3 rings (SSSR count). The first-order chi connectivity index (χ1) is 10.5. The standard InChI is InChI=1S/C19H21NOSi/c1-22(2,3)19(16-10-5-4-6-11-16)20-14-13-15-9-7-8-12-17(15)18(20)21/h4-14,19H,1-3H3. The summed E-state index contributed by atoms with van der Waals surface area (Å²) in [4.78, 5) is 13.0. The molecule has 22 heavy (non-hydrogen) atoms. The second kappa shape index (κ2) is 5.58. The van der Waals surface area contributed by atoms with E-state index >= 15 is 0 Å². The Balaban J connectivity index is 2.26. The maximum absolute atomic E-state index is 13.0. The third-order valence-electron chi connectivity index (χ3n) is 4.05. The Morgan fingerprint density at radius 2 is 1.50 bits per heavy atom. The fraction of sp³-hybridized carbons (Fsp3) is 0.211. The van der Waals surface area contributed by atoms with Crippen molar-refractivity contribution >= 4 is 18.8 Å². The number of rotatable bonds is 3. The minimum absolute atomic E-state index is 0.106. The molecule has 0 saturated carbocycles. The van der Waals surface area contributed by atoms with E-state index in [2.05, 4.69) is 43.9 Å². The van der Waals surface area contributed by atoms with Crippen LogP contribution in [0.25, 0.3) is 10.8 Å². The van der Waals surface area contributed by atoms with Crippen molar-refractivity contribution in [2.24, 2.45) is 0 Å². The molecule has 0 N–H and O–H groups in total. The van der Waals surface area contributed by atoms with Crippen LogP contribution in [-0.4, -0.2) is 12.6 Å². The Hall–Kier alpha value is -2.13. The van der Waals surface area contributed by atoms with E-state index in [1.165, 1.54) is 5.56 Å². The van der Waals surface area contributed by atoms with Crippen molar-refractivity contribution < 1.29 is 0 Å². The summed E-state index contributed by atoms with van der Waals surface area (Å²) in [7, 11) is -1.62. The molecule has 0 amide bonds. The van der Waals surface area contributed by atoms with Crippen LogP contribution in [0.1, 0.15) is 11.2 Å². The molecule has 3 heteroatoms. The molecule has 0 aliphatic rings. The fourth-order valence-electron chi connectivity index (χ4n) is 3.12. The van der Waals surface area contributed by atoms with Crippen LogP contribution in [0.15, 0.2) is 71.7 Å². The van der Waals surface area contributed by atoms with Crippen LogP contribution < -0.4 is 5.56 Å². The smallest absolute Gasteiger partial charge is 0.258 e. The summed E-state index contributed by atoms with van der Waals surface area (Å²) in [5.41, 5.74) is 1.47. The van der Waals surface area contributed by atoms with Crippen molar-refractivity contribution in [2.75, 3.05) is 0 Å². The first-order valence-corrected chi connectivity index (χ1v) is 11.2. The summed E-state index contributed by atoms with van der Waals surface area (Å²) in [6.07, 6.45) is 1.96. The summed E-state index contributed by atoms with van der Waals surface area (Å²) < 4.78 is 1.93. The van der Waals surface area contributed by atoms with Crippen molar-refractivity contribution in [2.45, 2.75) is 25.3 Å². The van der Waals surface area contributed by atoms with Gasteiger partial charge in [0.05, 0.1) is 13.7 Å². The van der Waals surface area contributed by atoms with Gasteiger partial charge in [-0.05, 0) is 23.1 Å². The molecule has 0 spiro atoms. The lowest BCUT2D eigenvalue weighted by atomic mass is 10.1. The van der Waals surface area contributed by atoms with Gasteiger partial charge in [-0.25, -0.2) is 0 Å². The third kappa shape index (κ3) is 2.64. The fourth-order valence-corrected chi connectivity index (χ4v) is 5.35. The van der Waals surface area contributed by atoms with Gasteiger partial charge in [0.2, 0.25) is 0 Å². The van der Waals surface area contributed by atoms with Crippen molar-refractivity contribution in [3.63, 3.8) is 0 Å². The first kappa shape index (κ1) is 14.8. The SMILES string of the molecule is C[Si](C)(C)C(c1ccccc1)n1ccc2ccccc2c1=O. The number of hydrogen-bond acceptors (Lipinski definition) is 1. The molecule has 1 heterocycles. The molecule has 1 aromatic heterocycles. The maximum Gasteiger partial charge on any atom is 0.258 e. The van der Waals surface area contributed by atoms with Crippen LogP contribution >= 0.6 is 0 Å². The predicted molar refractivity (Wildman–Crippen MR) is 96.1 cm³/mol. The average Bonchev–Trinajstić information content (AvgIpc) is 2.50. The van der Waals surface area contributed by atoms with Gasteiger partial charge in [-0.2, -0.15) is 0 Å². The van der Waals surface area contributed by atoms with Crippen LogP contribution in [0.5, 0.6) is 0 Å². The quantitative estimate of drug-likeness (QED) is 0.654. The highest BCUT2D eigenvalue weighted by Crippen LogP contribution is 2.28. The number of hydrogen-bond donors (Lipinski definition) is 0. The van der Waals surface area contributed by atoms with Gasteiger partial charge in [0.1, 0.15) is 0 Å². The van der Waals surface area contributed by atoms with Gasteiger partial charge in [0.15, 0.2) is 0 Å². The predicted octanol–water partition coefficient (Wildman–Crippen LogP) is 4.47. The first-order valence-electron chi connectivity index (χ1n) is 7.63. The topological polar surface area (TPSA) is 22.0 Å². The molecule has 1 atom stereocenters. The van der Waals surface area contributed by atoms with Gasteiger partial charge in [-0.1, -0.05) is 68.2 Å². The van der Waals surface area contributed by atoms with Gasteiger partial charge in [-0.3, -0.25) is 4.79 Å². The summed E-state index contributed by atoms with van der Waals surface area (Å²) in [5, 5.41) is 1.80. The molecule has 3 aromatic rings. The zero-order valence-electron chi connectivity index (χ0n) is 13.3. The Kier molecular flexibility index (Phi) is 3.75. The number of pyridine rings is 1. The van der Waals surface area contributed by atoms with Crippen LogP contribution in [0.3, 0.4) is 0 Å². The molecule has 2 nitrogen and oxygen atoms in total. The zero-order valence-corrected chi connectivity index (χ0v) is 14.3. The Morgan fingerprint density at radius 1 is 0.864 bits per heavy atom. The van der Waals surface area contributed by atoms with Crippen molar-refractivity contribution in [3.05, 3.63) is 82.8 Å². The van der Waals surface area contributed by atoms with Crippen LogP contribution in [-0.2, 0) is 0 Å². The molecule has 1 unspecified atom stereocenters. The van der Waals surface area contributed by atoms with Gasteiger partial charge in [-0.15, -0.1) is 0 Å². The highest BCUT2D eigenvalue weighted by atomic mass is 28.3. The molecule has 0 radical (unpaired) electrons. The number of benzene rings is 2. The van der Waals surface area contributed by atoms with E-state index < -0.39 is 8.07 Å².